The quantitative estimate of drug-likeness (QED) is 0.771. The van der Waals surface area contributed by atoms with Gasteiger partial charge in [0.1, 0.15) is 0 Å². The number of fused-ring (bicyclic) bond motifs is 1. The zero-order valence-electron chi connectivity index (χ0n) is 14.0. The molecule has 0 spiro atoms. The smallest absolute Gasteiger partial charge is 0.155 e. The molecular weight excluding hydrogens is 316 g/mol. The summed E-state index contributed by atoms with van der Waals surface area (Å²) in [4.78, 5) is 10.9. The monoisotopic (exact) mass is 338 g/mol. The van der Waals surface area contributed by atoms with E-state index in [1.807, 2.05) is 42.7 Å². The van der Waals surface area contributed by atoms with Gasteiger partial charge < -0.3 is 9.84 Å². The van der Waals surface area contributed by atoms with E-state index < -0.39 is 6.10 Å². The van der Waals surface area contributed by atoms with Gasteiger partial charge in [-0.1, -0.05) is 30.3 Å². The molecule has 0 bridgehead atoms. The average Bonchev–Trinajstić information content (AvgIpc) is 3.07. The summed E-state index contributed by atoms with van der Waals surface area (Å²) >= 11 is 0. The Kier molecular flexibility index (Phi) is 4.74. The van der Waals surface area contributed by atoms with E-state index in [4.69, 9.17) is 4.74 Å². The van der Waals surface area contributed by atoms with Crippen molar-refractivity contribution in [3.63, 3.8) is 0 Å². The van der Waals surface area contributed by atoms with Crippen LogP contribution in [0, 0.1) is 0 Å². The van der Waals surface area contributed by atoms with Gasteiger partial charge in [0.2, 0.25) is 0 Å². The van der Waals surface area contributed by atoms with Crippen LogP contribution >= 0.6 is 0 Å². The summed E-state index contributed by atoms with van der Waals surface area (Å²) in [6.07, 6.45) is 7.54. The molecule has 2 atom stereocenters. The van der Waals surface area contributed by atoms with Crippen molar-refractivity contribution < 1.29 is 9.84 Å². The first-order valence-electron chi connectivity index (χ1n) is 8.62. The maximum Gasteiger partial charge on any atom is 0.155 e. The second-order valence-electron chi connectivity index (χ2n) is 6.42. The molecule has 4 rings (SSSR count). The highest BCUT2D eigenvalue weighted by Gasteiger charge is 2.26. The number of aliphatic hydroxyl groups is 1. The Bertz CT molecular complexity index is 820. The second-order valence-corrected chi connectivity index (χ2v) is 6.42. The van der Waals surface area contributed by atoms with Crippen LogP contribution in [0.15, 0.2) is 55.1 Å². The Labute approximate surface area is 146 Å². The summed E-state index contributed by atoms with van der Waals surface area (Å²) in [5.74, 6) is 0. The fraction of sp³-hybridized carbons (Fsp3) is 0.368. The molecule has 1 N–H and O–H groups in total. The molecule has 3 heterocycles. The molecule has 6 heteroatoms. The summed E-state index contributed by atoms with van der Waals surface area (Å²) in [5, 5.41) is 10.6. The number of imidazole rings is 1. The van der Waals surface area contributed by atoms with Crippen LogP contribution in [0.4, 0.5) is 0 Å². The Hall–Kier alpha value is -2.28. The summed E-state index contributed by atoms with van der Waals surface area (Å²) in [6.45, 7) is 2.99. The molecule has 25 heavy (non-hydrogen) atoms. The van der Waals surface area contributed by atoms with Crippen molar-refractivity contribution in [1.82, 2.24) is 19.3 Å². The first-order chi connectivity index (χ1) is 12.3. The van der Waals surface area contributed by atoms with Gasteiger partial charge in [0, 0.05) is 31.5 Å². The molecular formula is C19H22N4O2. The van der Waals surface area contributed by atoms with E-state index in [-0.39, 0.29) is 6.04 Å². The van der Waals surface area contributed by atoms with Crippen LogP contribution in [0.25, 0.3) is 5.65 Å². The minimum Gasteiger partial charge on any atom is -0.388 e. The van der Waals surface area contributed by atoms with Crippen LogP contribution in [-0.2, 0) is 11.3 Å². The van der Waals surface area contributed by atoms with Gasteiger partial charge in [0.25, 0.3) is 0 Å². The number of morpholine rings is 1. The van der Waals surface area contributed by atoms with E-state index in [1.54, 1.807) is 12.4 Å². The number of aromatic nitrogens is 3. The fourth-order valence-electron chi connectivity index (χ4n) is 3.40. The molecule has 0 amide bonds. The van der Waals surface area contributed by atoms with Crippen LogP contribution in [-0.4, -0.2) is 50.2 Å². The van der Waals surface area contributed by atoms with Crippen molar-refractivity contribution in [3.05, 3.63) is 66.4 Å². The third kappa shape index (κ3) is 3.56. The molecule has 1 aliphatic heterocycles. The molecule has 130 valence electrons. The highest BCUT2D eigenvalue weighted by molar-refractivity contribution is 5.36. The number of aliphatic hydroxyl groups excluding tert-OH is 1. The zero-order chi connectivity index (χ0) is 17.1. The number of rotatable bonds is 5. The summed E-state index contributed by atoms with van der Waals surface area (Å²) in [5.41, 5.74) is 2.93. The van der Waals surface area contributed by atoms with Crippen molar-refractivity contribution in [1.29, 1.82) is 0 Å². The fourth-order valence-corrected chi connectivity index (χ4v) is 3.40. The second kappa shape index (κ2) is 7.31. The summed E-state index contributed by atoms with van der Waals surface area (Å²) in [7, 11) is 0. The molecule has 0 aliphatic carbocycles. The lowest BCUT2D eigenvalue weighted by atomic mass is 10.0. The molecule has 6 nitrogen and oxygen atoms in total. The topological polar surface area (TPSA) is 62.9 Å². The molecule has 0 radical (unpaired) electrons. The highest BCUT2D eigenvalue weighted by atomic mass is 16.5. The van der Waals surface area contributed by atoms with Crippen molar-refractivity contribution in [2.45, 2.75) is 25.1 Å². The van der Waals surface area contributed by atoms with Gasteiger partial charge in [0.05, 0.1) is 37.4 Å². The minimum absolute atomic E-state index is 0.177. The Morgan fingerprint density at radius 3 is 3.00 bits per heavy atom. The number of hydrogen-bond donors (Lipinski definition) is 1. The van der Waals surface area contributed by atoms with E-state index in [0.717, 1.165) is 36.6 Å². The van der Waals surface area contributed by atoms with Crippen molar-refractivity contribution >= 4 is 5.65 Å². The molecule has 1 fully saturated rings. The average molecular weight is 338 g/mol. The van der Waals surface area contributed by atoms with Crippen LogP contribution in [0.5, 0.6) is 0 Å². The predicted molar refractivity (Wildman–Crippen MR) is 94.0 cm³/mol. The van der Waals surface area contributed by atoms with Crippen LogP contribution in [0.3, 0.4) is 0 Å². The van der Waals surface area contributed by atoms with Crippen molar-refractivity contribution in [2.24, 2.45) is 0 Å². The van der Waals surface area contributed by atoms with E-state index in [1.165, 1.54) is 0 Å². The zero-order valence-corrected chi connectivity index (χ0v) is 14.0. The normalized spacial score (nSPS) is 20.0. The van der Waals surface area contributed by atoms with Gasteiger partial charge in [0.15, 0.2) is 5.65 Å². The SMILES string of the molecule is OC(CC1COCCN1Cc1cnc2cnccn12)c1ccccc1. The summed E-state index contributed by atoms with van der Waals surface area (Å²) in [6, 6.07) is 10.00. The molecule has 2 unspecified atom stereocenters. The van der Waals surface area contributed by atoms with Gasteiger partial charge in [-0.3, -0.25) is 14.3 Å². The summed E-state index contributed by atoms with van der Waals surface area (Å²) < 4.78 is 7.73. The third-order valence-corrected chi connectivity index (χ3v) is 4.79. The Morgan fingerprint density at radius 2 is 2.12 bits per heavy atom. The number of ether oxygens (including phenoxy) is 1. The number of hydrogen-bond acceptors (Lipinski definition) is 5. The van der Waals surface area contributed by atoms with Crippen molar-refractivity contribution in [3.8, 4) is 0 Å². The van der Waals surface area contributed by atoms with Crippen LogP contribution in [0.1, 0.15) is 23.8 Å². The lowest BCUT2D eigenvalue weighted by molar-refractivity contribution is -0.0305. The van der Waals surface area contributed by atoms with Gasteiger partial charge in [-0.2, -0.15) is 0 Å². The Balaban J connectivity index is 1.49. The van der Waals surface area contributed by atoms with Gasteiger partial charge >= 0.3 is 0 Å². The van der Waals surface area contributed by atoms with E-state index >= 15 is 0 Å². The van der Waals surface area contributed by atoms with Gasteiger partial charge in [-0.25, -0.2) is 4.98 Å². The maximum atomic E-state index is 10.6. The standard InChI is InChI=1S/C19H22N4O2/c24-18(15-4-2-1-3-5-15)10-16-14-25-9-8-22(16)13-17-11-21-19-12-20-6-7-23(17)19/h1-7,11-12,16,18,24H,8-10,13-14H2. The first-order valence-corrected chi connectivity index (χ1v) is 8.62. The first kappa shape index (κ1) is 16.2. The molecule has 1 saturated heterocycles. The van der Waals surface area contributed by atoms with Crippen molar-refractivity contribution in [2.75, 3.05) is 19.8 Å². The van der Waals surface area contributed by atoms with E-state index in [0.29, 0.717) is 13.0 Å². The molecule has 1 aliphatic rings. The largest absolute Gasteiger partial charge is 0.388 e. The van der Waals surface area contributed by atoms with Crippen LogP contribution in [0.2, 0.25) is 0 Å². The van der Waals surface area contributed by atoms with Gasteiger partial charge in [-0.15, -0.1) is 0 Å². The predicted octanol–water partition coefficient (Wildman–Crippen LogP) is 2.05. The molecule has 2 aromatic heterocycles. The Morgan fingerprint density at radius 1 is 1.24 bits per heavy atom. The van der Waals surface area contributed by atoms with E-state index in [9.17, 15) is 5.11 Å². The number of nitrogens with zero attached hydrogens (tertiary/aromatic N) is 4. The molecule has 1 aromatic carbocycles. The van der Waals surface area contributed by atoms with Gasteiger partial charge in [-0.05, 0) is 12.0 Å². The minimum atomic E-state index is -0.484. The lowest BCUT2D eigenvalue weighted by Crippen LogP contribution is -2.45. The van der Waals surface area contributed by atoms with E-state index in [2.05, 4.69) is 19.3 Å². The maximum absolute atomic E-state index is 10.6. The highest BCUT2D eigenvalue weighted by Crippen LogP contribution is 2.23. The van der Waals surface area contributed by atoms with Crippen LogP contribution < -0.4 is 0 Å². The molecule has 0 saturated carbocycles. The lowest BCUT2D eigenvalue weighted by Gasteiger charge is -2.36. The molecule has 3 aromatic rings. The third-order valence-electron chi connectivity index (χ3n) is 4.79. The number of benzene rings is 1.